The number of carbonyl (C=O) groups is 1. The summed E-state index contributed by atoms with van der Waals surface area (Å²) >= 11 is 1.42. The number of amides is 1. The van der Waals surface area contributed by atoms with E-state index in [0.29, 0.717) is 18.4 Å². The van der Waals surface area contributed by atoms with Gasteiger partial charge >= 0.3 is 0 Å². The van der Waals surface area contributed by atoms with Crippen LogP contribution in [0.4, 0.5) is 0 Å². The van der Waals surface area contributed by atoms with E-state index in [1.54, 1.807) is 0 Å². The van der Waals surface area contributed by atoms with Crippen LogP contribution in [0.5, 0.6) is 0 Å². The monoisotopic (exact) mass is 305 g/mol. The minimum Gasteiger partial charge on any atom is -0.395 e. The summed E-state index contributed by atoms with van der Waals surface area (Å²) in [5, 5.41) is 11.9. The minimum atomic E-state index is 0.0222. The van der Waals surface area contributed by atoms with E-state index in [4.69, 9.17) is 5.11 Å². The van der Waals surface area contributed by atoms with Crippen molar-refractivity contribution in [2.24, 2.45) is 5.92 Å². The molecule has 1 amide bonds. The van der Waals surface area contributed by atoms with Gasteiger partial charge in [0.1, 0.15) is 0 Å². The number of carbonyl (C=O) groups excluding carboxylic acids is 1. The zero-order valence-electron chi connectivity index (χ0n) is 12.5. The first-order valence-corrected chi connectivity index (χ1v) is 8.53. The van der Waals surface area contributed by atoms with Gasteiger partial charge in [0, 0.05) is 12.5 Å². The van der Waals surface area contributed by atoms with Crippen molar-refractivity contribution in [1.29, 1.82) is 0 Å². The molecule has 1 heterocycles. The van der Waals surface area contributed by atoms with E-state index in [1.165, 1.54) is 37.0 Å². The highest BCUT2D eigenvalue weighted by Gasteiger charge is 2.22. The van der Waals surface area contributed by atoms with Gasteiger partial charge in [0.2, 0.25) is 0 Å². The van der Waals surface area contributed by atoms with Crippen LogP contribution in [0.2, 0.25) is 0 Å². The SMILES string of the molecule is CC1CCCCCC1NC(=O)c1ccc(C#CCCO)s1. The third-order valence-electron chi connectivity index (χ3n) is 3.96. The fourth-order valence-electron chi connectivity index (χ4n) is 2.68. The van der Waals surface area contributed by atoms with Crippen molar-refractivity contribution in [3.8, 4) is 11.8 Å². The molecule has 0 aliphatic heterocycles. The average molecular weight is 305 g/mol. The number of rotatable bonds is 3. The molecule has 2 unspecified atom stereocenters. The Kier molecular flexibility index (Phi) is 6.28. The standard InChI is InChI=1S/C17H23NO2S/c1-13-7-3-2-4-9-15(13)18-17(20)16-11-10-14(21-16)8-5-6-12-19/h10-11,13,15,19H,2-4,6-7,9,12H2,1H3,(H,18,20). The fourth-order valence-corrected chi connectivity index (χ4v) is 3.46. The van der Waals surface area contributed by atoms with Crippen LogP contribution < -0.4 is 5.32 Å². The number of hydrogen-bond acceptors (Lipinski definition) is 3. The topological polar surface area (TPSA) is 49.3 Å². The van der Waals surface area contributed by atoms with Gasteiger partial charge in [0.15, 0.2) is 0 Å². The van der Waals surface area contributed by atoms with Gasteiger partial charge in [-0.05, 0) is 30.9 Å². The van der Waals surface area contributed by atoms with Crippen LogP contribution in [-0.4, -0.2) is 23.7 Å². The molecule has 0 saturated heterocycles. The summed E-state index contributed by atoms with van der Waals surface area (Å²) in [5.74, 6) is 6.43. The van der Waals surface area contributed by atoms with Gasteiger partial charge in [-0.2, -0.15) is 0 Å². The van der Waals surface area contributed by atoms with Crippen molar-refractivity contribution in [2.45, 2.75) is 51.5 Å². The number of thiophene rings is 1. The number of aliphatic hydroxyl groups excluding tert-OH is 1. The molecule has 21 heavy (non-hydrogen) atoms. The van der Waals surface area contributed by atoms with Gasteiger partial charge in [-0.15, -0.1) is 11.3 Å². The quantitative estimate of drug-likeness (QED) is 0.665. The summed E-state index contributed by atoms with van der Waals surface area (Å²) in [4.78, 5) is 13.9. The van der Waals surface area contributed by atoms with E-state index in [0.717, 1.165) is 16.2 Å². The largest absolute Gasteiger partial charge is 0.395 e. The Morgan fingerprint density at radius 1 is 1.38 bits per heavy atom. The smallest absolute Gasteiger partial charge is 0.261 e. The van der Waals surface area contributed by atoms with Crippen LogP contribution >= 0.6 is 11.3 Å². The molecule has 114 valence electrons. The second-order valence-corrected chi connectivity index (χ2v) is 6.72. The van der Waals surface area contributed by atoms with Crippen molar-refractivity contribution >= 4 is 17.2 Å². The van der Waals surface area contributed by atoms with Crippen LogP contribution in [0.1, 0.15) is 60.0 Å². The third-order valence-corrected chi connectivity index (χ3v) is 4.96. The predicted molar refractivity (Wildman–Crippen MR) is 86.4 cm³/mol. The van der Waals surface area contributed by atoms with Gasteiger partial charge in [-0.1, -0.05) is 38.0 Å². The lowest BCUT2D eigenvalue weighted by atomic mass is 9.97. The Morgan fingerprint density at radius 3 is 3.00 bits per heavy atom. The van der Waals surface area contributed by atoms with E-state index in [2.05, 4.69) is 24.1 Å². The molecule has 1 aliphatic carbocycles. The Balaban J connectivity index is 1.95. The predicted octanol–water partition coefficient (Wildman–Crippen LogP) is 3.18. The van der Waals surface area contributed by atoms with E-state index in [1.807, 2.05) is 12.1 Å². The van der Waals surface area contributed by atoms with E-state index >= 15 is 0 Å². The third kappa shape index (κ3) is 4.87. The zero-order valence-corrected chi connectivity index (χ0v) is 13.3. The van der Waals surface area contributed by atoms with Crippen molar-refractivity contribution in [3.05, 3.63) is 21.9 Å². The number of nitrogens with one attached hydrogen (secondary N) is 1. The van der Waals surface area contributed by atoms with Gasteiger partial charge in [-0.25, -0.2) is 0 Å². The van der Waals surface area contributed by atoms with Crippen molar-refractivity contribution in [2.75, 3.05) is 6.61 Å². The van der Waals surface area contributed by atoms with Crippen molar-refractivity contribution in [1.82, 2.24) is 5.32 Å². The maximum atomic E-state index is 12.3. The second kappa shape index (κ2) is 8.21. The first kappa shape index (κ1) is 16.1. The molecule has 1 aliphatic rings. The molecular formula is C17H23NO2S. The Hall–Kier alpha value is -1.31. The molecule has 0 spiro atoms. The second-order valence-electron chi connectivity index (χ2n) is 5.63. The van der Waals surface area contributed by atoms with Crippen LogP contribution in [0.15, 0.2) is 12.1 Å². The maximum absolute atomic E-state index is 12.3. The fraction of sp³-hybridized carbons (Fsp3) is 0.588. The molecule has 1 aromatic heterocycles. The van der Waals surface area contributed by atoms with Gasteiger partial charge in [0.05, 0.1) is 16.4 Å². The summed E-state index contributed by atoms with van der Waals surface area (Å²) in [7, 11) is 0. The first-order valence-electron chi connectivity index (χ1n) is 7.71. The van der Waals surface area contributed by atoms with E-state index < -0.39 is 0 Å². The molecule has 0 bridgehead atoms. The minimum absolute atomic E-state index is 0.0222. The molecular weight excluding hydrogens is 282 g/mol. The summed E-state index contributed by atoms with van der Waals surface area (Å²) in [6.45, 7) is 2.31. The molecule has 1 fully saturated rings. The average Bonchev–Trinajstić information content (AvgIpc) is 2.85. The highest BCUT2D eigenvalue weighted by molar-refractivity contribution is 7.14. The maximum Gasteiger partial charge on any atom is 0.261 e. The molecule has 0 aromatic carbocycles. The molecule has 3 nitrogen and oxygen atoms in total. The van der Waals surface area contributed by atoms with Crippen LogP contribution in [0.3, 0.4) is 0 Å². The number of hydrogen-bond donors (Lipinski definition) is 2. The Morgan fingerprint density at radius 2 is 2.19 bits per heavy atom. The van der Waals surface area contributed by atoms with E-state index in [-0.39, 0.29) is 12.5 Å². The first-order chi connectivity index (χ1) is 10.2. The Bertz CT molecular complexity index is 526. The molecule has 2 N–H and O–H groups in total. The molecule has 1 aromatic rings. The Labute approximate surface area is 130 Å². The zero-order chi connectivity index (χ0) is 15.1. The lowest BCUT2D eigenvalue weighted by molar-refractivity contribution is 0.0925. The molecule has 2 rings (SSSR count). The molecule has 2 atom stereocenters. The molecule has 0 radical (unpaired) electrons. The van der Waals surface area contributed by atoms with Crippen LogP contribution in [0.25, 0.3) is 0 Å². The lowest BCUT2D eigenvalue weighted by Gasteiger charge is -2.22. The van der Waals surface area contributed by atoms with Crippen molar-refractivity contribution in [3.63, 3.8) is 0 Å². The lowest BCUT2D eigenvalue weighted by Crippen LogP contribution is -2.38. The van der Waals surface area contributed by atoms with Gasteiger partial charge < -0.3 is 10.4 Å². The molecule has 4 heteroatoms. The van der Waals surface area contributed by atoms with Crippen molar-refractivity contribution < 1.29 is 9.90 Å². The molecule has 1 saturated carbocycles. The summed E-state index contributed by atoms with van der Waals surface area (Å²) < 4.78 is 0. The van der Waals surface area contributed by atoms with Crippen LogP contribution in [0, 0.1) is 17.8 Å². The van der Waals surface area contributed by atoms with Gasteiger partial charge in [0.25, 0.3) is 5.91 Å². The highest BCUT2D eigenvalue weighted by Crippen LogP contribution is 2.24. The highest BCUT2D eigenvalue weighted by atomic mass is 32.1. The van der Waals surface area contributed by atoms with E-state index in [9.17, 15) is 4.79 Å². The summed E-state index contributed by atoms with van der Waals surface area (Å²) in [6.07, 6.45) is 6.52. The normalized spacial score (nSPS) is 22.0. The van der Waals surface area contributed by atoms with Gasteiger partial charge in [-0.3, -0.25) is 4.79 Å². The summed E-state index contributed by atoms with van der Waals surface area (Å²) in [5.41, 5.74) is 0. The number of aliphatic hydroxyl groups is 1. The van der Waals surface area contributed by atoms with Crippen LogP contribution in [-0.2, 0) is 0 Å². The summed E-state index contributed by atoms with van der Waals surface area (Å²) in [6, 6.07) is 4.01.